The Labute approximate surface area is 439 Å². The molecule has 4 aliphatic rings. The first-order valence-corrected chi connectivity index (χ1v) is 26.8. The minimum absolute atomic E-state index is 0.0418. The average molecular weight is 962 g/mol. The van der Waals surface area contributed by atoms with Crippen LogP contribution in [0.25, 0.3) is 33.4 Å². The van der Waals surface area contributed by atoms with Crippen LogP contribution in [0.3, 0.4) is 0 Å². The molecule has 366 valence electrons. The largest absolute Gasteiger partial charge is 0.454 e. The van der Waals surface area contributed by atoms with E-state index < -0.39 is 10.8 Å². The fourth-order valence-corrected chi connectivity index (χ4v) is 13.3. The van der Waals surface area contributed by atoms with Crippen molar-refractivity contribution in [3.63, 3.8) is 0 Å². The molecule has 0 bridgehead atoms. The Morgan fingerprint density at radius 3 is 1.16 bits per heavy atom. The van der Waals surface area contributed by atoms with Gasteiger partial charge in [-0.3, -0.25) is 0 Å². The Balaban J connectivity index is 1.11. The minimum Gasteiger partial charge on any atom is -0.454 e. The number of nitrogens with zero attached hydrogens (tertiary/aromatic N) is 1. The van der Waals surface area contributed by atoms with E-state index in [4.69, 9.17) is 4.74 Å². The summed E-state index contributed by atoms with van der Waals surface area (Å²) in [4.78, 5) is 2.47. The van der Waals surface area contributed by atoms with Crippen molar-refractivity contribution in [3.8, 4) is 44.9 Å². The van der Waals surface area contributed by atoms with Crippen LogP contribution in [0.1, 0.15) is 150 Å². The van der Waals surface area contributed by atoms with Gasteiger partial charge in [-0.25, -0.2) is 0 Å². The van der Waals surface area contributed by atoms with Gasteiger partial charge in [0.15, 0.2) is 5.75 Å². The van der Waals surface area contributed by atoms with E-state index in [1.807, 2.05) is 0 Å². The molecular weight excluding hydrogens is 895 g/mol. The van der Waals surface area contributed by atoms with Crippen molar-refractivity contribution in [2.75, 3.05) is 4.90 Å². The molecule has 1 heterocycles. The van der Waals surface area contributed by atoms with E-state index >= 15 is 0 Å². The molecule has 0 aromatic heterocycles. The predicted octanol–water partition coefficient (Wildman–Crippen LogP) is 19.2. The van der Waals surface area contributed by atoms with Crippen LogP contribution in [0, 0.1) is 0 Å². The molecule has 9 aromatic carbocycles. The summed E-state index contributed by atoms with van der Waals surface area (Å²) in [5.74, 6) is 1.75. The predicted molar refractivity (Wildman–Crippen MR) is 310 cm³/mol. The normalized spacial score (nSPS) is 15.1. The van der Waals surface area contributed by atoms with E-state index in [9.17, 15) is 0 Å². The molecular formula is C72H67NO. The van der Waals surface area contributed by atoms with Crippen LogP contribution >= 0.6 is 0 Å². The molecule has 0 radical (unpaired) electrons. The summed E-state index contributed by atoms with van der Waals surface area (Å²) < 4.78 is 7.52. The summed E-state index contributed by atoms with van der Waals surface area (Å²) in [6.07, 6.45) is 0. The van der Waals surface area contributed by atoms with E-state index in [0.717, 1.165) is 34.1 Å². The molecule has 0 atom stereocenters. The van der Waals surface area contributed by atoms with Crippen molar-refractivity contribution in [2.45, 2.75) is 116 Å². The van der Waals surface area contributed by atoms with Crippen molar-refractivity contribution < 1.29 is 4.74 Å². The molecule has 0 saturated carbocycles. The highest BCUT2D eigenvalue weighted by atomic mass is 16.5. The zero-order valence-corrected chi connectivity index (χ0v) is 45.3. The smallest absolute Gasteiger partial charge is 0.156 e. The number of para-hydroxylation sites is 3. The van der Waals surface area contributed by atoms with Crippen molar-refractivity contribution in [1.82, 2.24) is 0 Å². The molecule has 2 nitrogen and oxygen atoms in total. The Bertz CT molecular complexity index is 3680. The van der Waals surface area contributed by atoms with Gasteiger partial charge in [0.25, 0.3) is 0 Å². The van der Waals surface area contributed by atoms with E-state index in [1.165, 1.54) is 94.6 Å². The third kappa shape index (κ3) is 6.42. The van der Waals surface area contributed by atoms with Crippen molar-refractivity contribution >= 4 is 17.1 Å². The third-order valence-electron chi connectivity index (χ3n) is 17.2. The maximum atomic E-state index is 7.52. The molecule has 0 fully saturated rings. The first kappa shape index (κ1) is 46.4. The lowest BCUT2D eigenvalue weighted by Crippen LogP contribution is -2.33. The molecule has 0 saturated heterocycles. The summed E-state index contributed by atoms with van der Waals surface area (Å²) in [7, 11) is 0. The summed E-state index contributed by atoms with van der Waals surface area (Å²) in [6.45, 7) is 28.0. The van der Waals surface area contributed by atoms with Gasteiger partial charge < -0.3 is 9.64 Å². The standard InChI is InChI=1S/C72H67NO/c1-67(2,3)44-29-34-51-52-35-30-45(68(4,5)6)40-60(52)71(59(51)39-44)56-24-17-16-23-50(56)55-38-33-49(43-63(55)71)73(48-21-14-13-15-22-48)64-27-20-26-58-66(64)74-65-28-19-18-25-57(65)72(58)61-41-46(69(7,8)9)31-36-53(61)54-37-32-47(42-62(54)72)70(10,11)12/h13-43H,1-12H3. The van der Waals surface area contributed by atoms with Gasteiger partial charge >= 0.3 is 0 Å². The molecule has 1 aliphatic heterocycles. The van der Waals surface area contributed by atoms with Gasteiger partial charge in [0.2, 0.25) is 0 Å². The van der Waals surface area contributed by atoms with Gasteiger partial charge in [-0.15, -0.1) is 0 Å². The maximum Gasteiger partial charge on any atom is 0.156 e. The SMILES string of the molecule is CC(C)(C)c1ccc2c(c1)C1(c3ccccc3-c3ccc(N(c4ccccc4)c4cccc5c4Oc4ccccc4C54c5cc(C(C)(C)C)ccc5-c5ccc(C(C)(C)C)cc54)cc31)c1cc(C(C)(C)C)ccc1-2. The van der Waals surface area contributed by atoms with E-state index in [-0.39, 0.29) is 21.7 Å². The molecule has 0 unspecified atom stereocenters. The van der Waals surface area contributed by atoms with Gasteiger partial charge in [-0.1, -0.05) is 235 Å². The number of hydrogen-bond donors (Lipinski definition) is 0. The Kier molecular flexibility index (Phi) is 9.75. The Morgan fingerprint density at radius 2 is 0.676 bits per heavy atom. The minimum atomic E-state index is -0.661. The molecule has 2 spiro atoms. The first-order chi connectivity index (χ1) is 35.2. The lowest BCUT2D eigenvalue weighted by Gasteiger charge is -2.42. The second kappa shape index (κ2) is 15.6. The molecule has 0 N–H and O–H groups in total. The zero-order valence-electron chi connectivity index (χ0n) is 45.3. The zero-order chi connectivity index (χ0) is 51.5. The number of ether oxygens (including phenoxy) is 1. The highest BCUT2D eigenvalue weighted by Crippen LogP contribution is 2.67. The third-order valence-corrected chi connectivity index (χ3v) is 17.2. The molecule has 3 aliphatic carbocycles. The molecule has 9 aromatic rings. The number of rotatable bonds is 3. The quantitative estimate of drug-likeness (QED) is 0.175. The molecule has 0 amide bonds. The van der Waals surface area contributed by atoms with Crippen LogP contribution in [0.4, 0.5) is 17.1 Å². The molecule has 74 heavy (non-hydrogen) atoms. The van der Waals surface area contributed by atoms with Crippen LogP contribution in [-0.4, -0.2) is 0 Å². The number of anilines is 3. The topological polar surface area (TPSA) is 12.5 Å². The van der Waals surface area contributed by atoms with Gasteiger partial charge in [0.05, 0.1) is 16.5 Å². The van der Waals surface area contributed by atoms with Crippen molar-refractivity contribution in [1.29, 1.82) is 0 Å². The highest BCUT2D eigenvalue weighted by Gasteiger charge is 2.54. The van der Waals surface area contributed by atoms with E-state index in [0.29, 0.717) is 0 Å². The summed E-state index contributed by atoms with van der Waals surface area (Å²) >= 11 is 0. The van der Waals surface area contributed by atoms with Crippen molar-refractivity contribution in [2.24, 2.45) is 0 Å². The molecule has 2 heteroatoms. The lowest BCUT2D eigenvalue weighted by atomic mass is 9.64. The summed E-state index contributed by atoms with van der Waals surface area (Å²) in [5, 5.41) is 0. The first-order valence-electron chi connectivity index (χ1n) is 26.8. The summed E-state index contributed by atoms with van der Waals surface area (Å²) in [6, 6.07) is 72.4. The van der Waals surface area contributed by atoms with Gasteiger partial charge in [-0.05, 0) is 147 Å². The van der Waals surface area contributed by atoms with Crippen LogP contribution in [0.15, 0.2) is 188 Å². The van der Waals surface area contributed by atoms with Gasteiger partial charge in [-0.2, -0.15) is 0 Å². The van der Waals surface area contributed by atoms with Crippen LogP contribution < -0.4 is 9.64 Å². The number of fused-ring (bicyclic) bond motifs is 19. The van der Waals surface area contributed by atoms with E-state index in [1.54, 1.807) is 0 Å². The Hall–Kier alpha value is -7.42. The molecule has 13 rings (SSSR count). The van der Waals surface area contributed by atoms with Crippen LogP contribution in [-0.2, 0) is 32.5 Å². The fraction of sp³-hybridized carbons (Fsp3) is 0.250. The lowest BCUT2D eigenvalue weighted by molar-refractivity contribution is 0.437. The number of benzene rings is 9. The second-order valence-corrected chi connectivity index (χ2v) is 25.7. The van der Waals surface area contributed by atoms with Crippen LogP contribution in [0.2, 0.25) is 0 Å². The van der Waals surface area contributed by atoms with Crippen molar-refractivity contribution in [3.05, 3.63) is 255 Å². The van der Waals surface area contributed by atoms with Crippen LogP contribution in [0.5, 0.6) is 11.5 Å². The average Bonchev–Trinajstić information content (AvgIpc) is 4.13. The number of hydrogen-bond acceptors (Lipinski definition) is 2. The monoisotopic (exact) mass is 962 g/mol. The highest BCUT2D eigenvalue weighted by molar-refractivity contribution is 5.98. The maximum absolute atomic E-state index is 7.52. The fourth-order valence-electron chi connectivity index (χ4n) is 13.3. The van der Waals surface area contributed by atoms with Gasteiger partial charge in [0, 0.05) is 22.5 Å². The Morgan fingerprint density at radius 1 is 0.297 bits per heavy atom. The second-order valence-electron chi connectivity index (χ2n) is 25.7. The summed E-state index contributed by atoms with van der Waals surface area (Å²) in [5.41, 5.74) is 25.2. The van der Waals surface area contributed by atoms with Gasteiger partial charge in [0.1, 0.15) is 5.75 Å². The van der Waals surface area contributed by atoms with E-state index in [2.05, 4.69) is 276 Å².